The van der Waals surface area contributed by atoms with Crippen molar-refractivity contribution in [1.82, 2.24) is 20.4 Å². The van der Waals surface area contributed by atoms with E-state index < -0.39 is 6.04 Å². The fourth-order valence-electron chi connectivity index (χ4n) is 3.02. The van der Waals surface area contributed by atoms with Gasteiger partial charge < -0.3 is 15.5 Å². The first-order valence-corrected chi connectivity index (χ1v) is 8.43. The van der Waals surface area contributed by atoms with Crippen LogP contribution >= 0.6 is 0 Å². The number of amides is 3. The number of aromatic nitrogens is 2. The van der Waals surface area contributed by atoms with Gasteiger partial charge in [-0.25, -0.2) is 4.79 Å². The Morgan fingerprint density at radius 3 is 2.96 bits per heavy atom. The van der Waals surface area contributed by atoms with E-state index in [-0.39, 0.29) is 11.9 Å². The van der Waals surface area contributed by atoms with Crippen LogP contribution in [0.3, 0.4) is 0 Å². The predicted octanol–water partition coefficient (Wildman–Crippen LogP) is 1.38. The van der Waals surface area contributed by atoms with Crippen LogP contribution in [0.25, 0.3) is 0 Å². The Balaban J connectivity index is 1.46. The third kappa shape index (κ3) is 4.17. The minimum absolute atomic E-state index is 0.0955. The van der Waals surface area contributed by atoms with Crippen LogP contribution in [0.5, 0.6) is 0 Å². The van der Waals surface area contributed by atoms with Crippen LogP contribution in [-0.2, 0) is 18.3 Å². The molecule has 3 amide bonds. The van der Waals surface area contributed by atoms with Crippen LogP contribution < -0.4 is 15.5 Å². The van der Waals surface area contributed by atoms with E-state index in [1.807, 2.05) is 32.2 Å². The van der Waals surface area contributed by atoms with Crippen LogP contribution in [0.1, 0.15) is 17.5 Å². The van der Waals surface area contributed by atoms with Gasteiger partial charge in [0, 0.05) is 26.3 Å². The summed E-state index contributed by atoms with van der Waals surface area (Å²) in [6, 6.07) is 7.40. The second-order valence-corrected chi connectivity index (χ2v) is 6.34. The molecule has 2 N–H and O–H groups in total. The van der Waals surface area contributed by atoms with E-state index in [0.29, 0.717) is 19.5 Å². The standard InChI is InChI=1S/C18H23N5O2/c1-13-4-3-5-14(10-13)6-8-19-18(25)21-16-7-9-23(17(16)24)15-11-20-22(2)12-15/h3-5,10-12,16H,6-9H2,1-2H3,(H2,19,21,25). The maximum atomic E-state index is 12.4. The fraction of sp³-hybridized carbons (Fsp3) is 0.389. The summed E-state index contributed by atoms with van der Waals surface area (Å²) in [7, 11) is 1.81. The molecule has 2 aromatic rings. The molecule has 1 saturated heterocycles. The molecule has 0 aliphatic carbocycles. The van der Waals surface area contributed by atoms with Gasteiger partial charge in [0.1, 0.15) is 6.04 Å². The average molecular weight is 341 g/mol. The van der Waals surface area contributed by atoms with Crippen LogP contribution in [0.15, 0.2) is 36.7 Å². The molecule has 7 nitrogen and oxygen atoms in total. The second kappa shape index (κ2) is 7.38. The molecule has 1 aromatic heterocycles. The number of hydrogen-bond donors (Lipinski definition) is 2. The Kier molecular flexibility index (Phi) is 5.02. The topological polar surface area (TPSA) is 79.3 Å². The number of carbonyl (C=O) groups excluding carboxylic acids is 2. The molecule has 25 heavy (non-hydrogen) atoms. The number of rotatable bonds is 5. The van der Waals surface area contributed by atoms with Gasteiger partial charge in [0.15, 0.2) is 0 Å². The number of benzene rings is 1. The first-order chi connectivity index (χ1) is 12.0. The van der Waals surface area contributed by atoms with Gasteiger partial charge in [0.05, 0.1) is 11.9 Å². The van der Waals surface area contributed by atoms with Gasteiger partial charge in [-0.3, -0.25) is 9.48 Å². The van der Waals surface area contributed by atoms with Crippen molar-refractivity contribution in [2.75, 3.05) is 18.0 Å². The summed E-state index contributed by atoms with van der Waals surface area (Å²) in [5.41, 5.74) is 3.14. The van der Waals surface area contributed by atoms with Crippen LogP contribution in [-0.4, -0.2) is 40.9 Å². The summed E-state index contributed by atoms with van der Waals surface area (Å²) in [6.07, 6.45) is 4.80. The Labute approximate surface area is 147 Å². The van der Waals surface area contributed by atoms with Gasteiger partial charge in [0.25, 0.3) is 0 Å². The van der Waals surface area contributed by atoms with Gasteiger partial charge in [-0.15, -0.1) is 0 Å². The Bertz CT molecular complexity index is 770. The highest BCUT2D eigenvalue weighted by molar-refractivity contribution is 6.01. The lowest BCUT2D eigenvalue weighted by molar-refractivity contribution is -0.118. The molecule has 0 bridgehead atoms. The highest BCUT2D eigenvalue weighted by atomic mass is 16.2. The van der Waals surface area contributed by atoms with Gasteiger partial charge in [-0.2, -0.15) is 5.10 Å². The number of aryl methyl sites for hydroxylation is 2. The molecule has 0 saturated carbocycles. The minimum Gasteiger partial charge on any atom is -0.338 e. The highest BCUT2D eigenvalue weighted by Gasteiger charge is 2.34. The number of hydrogen-bond acceptors (Lipinski definition) is 3. The Hall–Kier alpha value is -2.83. The first-order valence-electron chi connectivity index (χ1n) is 8.43. The maximum Gasteiger partial charge on any atom is 0.315 e. The number of nitrogens with one attached hydrogen (secondary N) is 2. The number of urea groups is 1. The lowest BCUT2D eigenvalue weighted by atomic mass is 10.1. The third-order valence-corrected chi connectivity index (χ3v) is 4.30. The van der Waals surface area contributed by atoms with Gasteiger partial charge in [-0.1, -0.05) is 29.8 Å². The lowest BCUT2D eigenvalue weighted by Gasteiger charge is -2.15. The predicted molar refractivity (Wildman–Crippen MR) is 95.4 cm³/mol. The third-order valence-electron chi connectivity index (χ3n) is 4.30. The van der Waals surface area contributed by atoms with Crippen LogP contribution in [0, 0.1) is 6.92 Å². The Morgan fingerprint density at radius 1 is 1.40 bits per heavy atom. The number of anilines is 1. The van der Waals surface area contributed by atoms with E-state index in [1.54, 1.807) is 22.0 Å². The zero-order valence-corrected chi connectivity index (χ0v) is 14.5. The highest BCUT2D eigenvalue weighted by Crippen LogP contribution is 2.20. The van der Waals surface area contributed by atoms with Crippen molar-refractivity contribution in [2.24, 2.45) is 7.05 Å². The molecule has 1 unspecified atom stereocenters. The van der Waals surface area contributed by atoms with E-state index in [9.17, 15) is 9.59 Å². The molecule has 7 heteroatoms. The largest absolute Gasteiger partial charge is 0.338 e. The summed E-state index contributed by atoms with van der Waals surface area (Å²) in [5, 5.41) is 9.66. The maximum absolute atomic E-state index is 12.4. The summed E-state index contributed by atoms with van der Waals surface area (Å²) in [5.74, 6) is -0.0955. The molecule has 1 atom stereocenters. The van der Waals surface area contributed by atoms with E-state index in [1.165, 1.54) is 11.1 Å². The zero-order chi connectivity index (χ0) is 17.8. The first kappa shape index (κ1) is 17.0. The molecule has 1 aliphatic heterocycles. The molecular formula is C18H23N5O2. The smallest absolute Gasteiger partial charge is 0.315 e. The summed E-state index contributed by atoms with van der Waals surface area (Å²) in [4.78, 5) is 26.1. The average Bonchev–Trinajstić information content (AvgIpc) is 3.14. The monoisotopic (exact) mass is 341 g/mol. The zero-order valence-electron chi connectivity index (χ0n) is 14.5. The molecule has 2 heterocycles. The van der Waals surface area contributed by atoms with E-state index in [0.717, 1.165) is 12.1 Å². The summed E-state index contributed by atoms with van der Waals surface area (Å²) in [6.45, 7) is 3.16. The van der Waals surface area contributed by atoms with E-state index >= 15 is 0 Å². The Morgan fingerprint density at radius 2 is 2.24 bits per heavy atom. The summed E-state index contributed by atoms with van der Waals surface area (Å²) >= 11 is 0. The van der Waals surface area contributed by atoms with Crippen LogP contribution in [0.2, 0.25) is 0 Å². The van der Waals surface area contributed by atoms with E-state index in [4.69, 9.17) is 0 Å². The number of carbonyl (C=O) groups is 2. The molecule has 1 fully saturated rings. The van der Waals surface area contributed by atoms with Crippen molar-refractivity contribution in [3.8, 4) is 0 Å². The van der Waals surface area contributed by atoms with Crippen molar-refractivity contribution in [2.45, 2.75) is 25.8 Å². The van der Waals surface area contributed by atoms with Crippen LogP contribution in [0.4, 0.5) is 10.5 Å². The molecule has 0 radical (unpaired) electrons. The molecule has 1 aliphatic rings. The normalized spacial score (nSPS) is 17.0. The van der Waals surface area contributed by atoms with Gasteiger partial charge in [-0.05, 0) is 25.3 Å². The van der Waals surface area contributed by atoms with Crippen molar-refractivity contribution in [3.63, 3.8) is 0 Å². The molecule has 0 spiro atoms. The number of nitrogens with zero attached hydrogens (tertiary/aromatic N) is 3. The molecular weight excluding hydrogens is 318 g/mol. The van der Waals surface area contributed by atoms with Crippen molar-refractivity contribution in [3.05, 3.63) is 47.8 Å². The van der Waals surface area contributed by atoms with Gasteiger partial charge in [0.2, 0.25) is 5.91 Å². The second-order valence-electron chi connectivity index (χ2n) is 6.34. The molecule has 132 valence electrons. The minimum atomic E-state index is -0.487. The van der Waals surface area contributed by atoms with E-state index in [2.05, 4.69) is 21.8 Å². The van der Waals surface area contributed by atoms with Gasteiger partial charge >= 0.3 is 6.03 Å². The lowest BCUT2D eigenvalue weighted by Crippen LogP contribution is -2.46. The van der Waals surface area contributed by atoms with Crippen molar-refractivity contribution in [1.29, 1.82) is 0 Å². The fourth-order valence-corrected chi connectivity index (χ4v) is 3.02. The quantitative estimate of drug-likeness (QED) is 0.862. The SMILES string of the molecule is Cc1cccc(CCNC(=O)NC2CCN(c3cnn(C)c3)C2=O)c1. The van der Waals surface area contributed by atoms with Crippen molar-refractivity contribution >= 4 is 17.6 Å². The molecule has 3 rings (SSSR count). The molecule has 1 aromatic carbocycles. The van der Waals surface area contributed by atoms with Crippen molar-refractivity contribution < 1.29 is 9.59 Å². The summed E-state index contributed by atoms with van der Waals surface area (Å²) < 4.78 is 1.65.